The molecule has 0 atom stereocenters. The fourth-order valence-corrected chi connectivity index (χ4v) is 2.47. The molecule has 0 aliphatic carbocycles. The number of hydrogen-bond acceptors (Lipinski definition) is 2. The summed E-state index contributed by atoms with van der Waals surface area (Å²) in [5, 5.41) is 11.6. The van der Waals surface area contributed by atoms with Crippen LogP contribution in [0.15, 0.2) is 41.4 Å². The Kier molecular flexibility index (Phi) is 3.43. The molecule has 1 heterocycles. The molecular formula is C17H15ClN2O. The van der Waals surface area contributed by atoms with Gasteiger partial charge in [0.05, 0.1) is 16.8 Å². The smallest absolute Gasteiger partial charge is 0.198 e. The molecule has 3 rings (SSSR count). The second-order valence-corrected chi connectivity index (χ2v) is 5.56. The maximum Gasteiger partial charge on any atom is 0.198 e. The number of rotatable bonds is 2. The summed E-state index contributed by atoms with van der Waals surface area (Å²) >= 11 is 5.96. The zero-order chi connectivity index (χ0) is 15.0. The summed E-state index contributed by atoms with van der Waals surface area (Å²) < 4.78 is 0. The highest BCUT2D eigenvalue weighted by Gasteiger charge is 2.09. The molecule has 3 nitrogen and oxygen atoms in total. The molecule has 0 saturated heterocycles. The largest absolute Gasteiger partial charge is 0.494 e. The number of hydrogen-bond donors (Lipinski definition) is 2. The lowest BCUT2D eigenvalue weighted by atomic mass is 10.1. The van der Waals surface area contributed by atoms with Gasteiger partial charge in [-0.15, -0.1) is 0 Å². The molecular weight excluding hydrogens is 284 g/mol. The number of fused-ring (bicyclic) bond motifs is 1. The number of nitrogens with zero attached hydrogens (tertiary/aromatic N) is 1. The summed E-state index contributed by atoms with van der Waals surface area (Å²) in [5.41, 5.74) is 4.62. The van der Waals surface area contributed by atoms with Crippen LogP contribution in [0.4, 0.5) is 5.69 Å². The number of aromatic nitrogens is 1. The predicted molar refractivity (Wildman–Crippen MR) is 88.1 cm³/mol. The van der Waals surface area contributed by atoms with E-state index >= 15 is 0 Å². The average Bonchev–Trinajstić information content (AvgIpc) is 2.74. The minimum atomic E-state index is 0.0984. The number of nitrogens with one attached hydrogen (secondary N) is 1. The predicted octanol–water partition coefficient (Wildman–Crippen LogP) is 4.89. The first-order chi connectivity index (χ1) is 10.0. The molecule has 0 radical (unpaired) electrons. The van der Waals surface area contributed by atoms with Crippen molar-refractivity contribution in [3.63, 3.8) is 0 Å². The summed E-state index contributed by atoms with van der Waals surface area (Å²) in [6.45, 7) is 4.05. The van der Waals surface area contributed by atoms with Crippen molar-refractivity contribution in [2.24, 2.45) is 4.99 Å². The molecule has 1 aromatic heterocycles. The molecule has 3 aromatic rings. The minimum Gasteiger partial charge on any atom is -0.494 e. The van der Waals surface area contributed by atoms with E-state index in [1.807, 2.05) is 32.0 Å². The van der Waals surface area contributed by atoms with Crippen LogP contribution in [0.2, 0.25) is 5.02 Å². The minimum absolute atomic E-state index is 0.0984. The van der Waals surface area contributed by atoms with Crippen LogP contribution in [0, 0.1) is 13.8 Å². The SMILES string of the molecule is Cc1ccc(C)c(N=Cc2c(O)[nH]c3cc(Cl)ccc23)c1. The zero-order valence-electron chi connectivity index (χ0n) is 11.8. The van der Waals surface area contributed by atoms with Gasteiger partial charge < -0.3 is 10.1 Å². The van der Waals surface area contributed by atoms with Crippen LogP contribution in [0.5, 0.6) is 5.88 Å². The summed E-state index contributed by atoms with van der Waals surface area (Å²) in [4.78, 5) is 7.41. The van der Waals surface area contributed by atoms with Crippen LogP contribution >= 0.6 is 11.6 Å². The van der Waals surface area contributed by atoms with E-state index < -0.39 is 0 Å². The molecule has 0 fully saturated rings. The molecule has 0 bridgehead atoms. The van der Waals surface area contributed by atoms with Crippen LogP contribution < -0.4 is 0 Å². The lowest BCUT2D eigenvalue weighted by Gasteiger charge is -2.01. The molecule has 0 amide bonds. The molecule has 0 aliphatic rings. The monoisotopic (exact) mass is 298 g/mol. The van der Waals surface area contributed by atoms with Crippen LogP contribution in [-0.4, -0.2) is 16.3 Å². The highest BCUT2D eigenvalue weighted by atomic mass is 35.5. The summed E-state index contributed by atoms with van der Waals surface area (Å²) in [7, 11) is 0. The third-order valence-electron chi connectivity index (χ3n) is 3.48. The first kappa shape index (κ1) is 13.7. The molecule has 21 heavy (non-hydrogen) atoms. The van der Waals surface area contributed by atoms with Crippen molar-refractivity contribution in [3.05, 3.63) is 58.1 Å². The fourth-order valence-electron chi connectivity index (χ4n) is 2.30. The Morgan fingerprint density at radius 3 is 2.76 bits per heavy atom. The first-order valence-corrected chi connectivity index (χ1v) is 7.04. The molecule has 0 spiro atoms. The Labute approximate surface area is 127 Å². The molecule has 4 heteroatoms. The van der Waals surface area contributed by atoms with Crippen molar-refractivity contribution in [3.8, 4) is 5.88 Å². The van der Waals surface area contributed by atoms with Gasteiger partial charge in [-0.3, -0.25) is 4.99 Å². The maximum absolute atomic E-state index is 10.0. The van der Waals surface area contributed by atoms with Gasteiger partial charge in [-0.25, -0.2) is 0 Å². The Bertz CT molecular complexity index is 849. The lowest BCUT2D eigenvalue weighted by molar-refractivity contribution is 0.457. The van der Waals surface area contributed by atoms with E-state index in [0.29, 0.717) is 10.6 Å². The molecule has 2 aromatic carbocycles. The van der Waals surface area contributed by atoms with Crippen LogP contribution in [0.1, 0.15) is 16.7 Å². The summed E-state index contributed by atoms with van der Waals surface area (Å²) in [5.74, 6) is 0.0984. The van der Waals surface area contributed by atoms with Gasteiger partial charge in [-0.2, -0.15) is 0 Å². The molecule has 2 N–H and O–H groups in total. The van der Waals surface area contributed by atoms with Gasteiger partial charge in [-0.1, -0.05) is 29.8 Å². The topological polar surface area (TPSA) is 48.4 Å². The summed E-state index contributed by atoms with van der Waals surface area (Å²) in [6.07, 6.45) is 1.68. The van der Waals surface area contributed by atoms with Crippen LogP contribution in [0.25, 0.3) is 10.9 Å². The maximum atomic E-state index is 10.0. The third kappa shape index (κ3) is 2.65. The Hall–Kier alpha value is -2.26. The summed E-state index contributed by atoms with van der Waals surface area (Å²) in [6, 6.07) is 11.6. The molecule has 0 saturated carbocycles. The van der Waals surface area contributed by atoms with Gasteiger partial charge in [-0.05, 0) is 43.2 Å². The van der Waals surface area contributed by atoms with Gasteiger partial charge in [0.1, 0.15) is 0 Å². The van der Waals surface area contributed by atoms with Crippen LogP contribution in [0.3, 0.4) is 0 Å². The van der Waals surface area contributed by atoms with Crippen molar-refractivity contribution >= 4 is 34.4 Å². The van der Waals surface area contributed by atoms with Gasteiger partial charge in [0.2, 0.25) is 0 Å². The fraction of sp³-hybridized carbons (Fsp3) is 0.118. The second-order valence-electron chi connectivity index (χ2n) is 5.13. The number of aromatic amines is 1. The third-order valence-corrected chi connectivity index (χ3v) is 3.71. The van der Waals surface area contributed by atoms with E-state index in [2.05, 4.69) is 16.0 Å². The number of benzene rings is 2. The van der Waals surface area contributed by atoms with E-state index in [9.17, 15) is 5.11 Å². The van der Waals surface area contributed by atoms with E-state index in [1.165, 1.54) is 0 Å². The van der Waals surface area contributed by atoms with Crippen molar-refractivity contribution in [2.45, 2.75) is 13.8 Å². The number of aromatic hydroxyl groups is 1. The van der Waals surface area contributed by atoms with Gasteiger partial charge in [0.25, 0.3) is 0 Å². The van der Waals surface area contributed by atoms with E-state index in [4.69, 9.17) is 11.6 Å². The van der Waals surface area contributed by atoms with Gasteiger partial charge >= 0.3 is 0 Å². The van der Waals surface area contributed by atoms with Gasteiger partial charge in [0.15, 0.2) is 5.88 Å². The highest BCUT2D eigenvalue weighted by Crippen LogP contribution is 2.29. The Morgan fingerprint density at radius 2 is 1.95 bits per heavy atom. The zero-order valence-corrected chi connectivity index (χ0v) is 12.6. The number of halogens is 1. The standard InChI is InChI=1S/C17H15ClN2O/c1-10-3-4-11(2)15(7-10)19-9-14-13-6-5-12(18)8-16(13)20-17(14)21/h3-9,20-21H,1-2H3. The lowest BCUT2D eigenvalue weighted by Crippen LogP contribution is -1.82. The molecule has 0 aliphatic heterocycles. The number of aryl methyl sites for hydroxylation is 2. The normalized spacial score (nSPS) is 11.6. The van der Waals surface area contributed by atoms with Crippen molar-refractivity contribution in [1.82, 2.24) is 4.98 Å². The van der Waals surface area contributed by atoms with Crippen molar-refractivity contribution in [2.75, 3.05) is 0 Å². The highest BCUT2D eigenvalue weighted by molar-refractivity contribution is 6.31. The molecule has 106 valence electrons. The van der Waals surface area contributed by atoms with Crippen LogP contribution in [-0.2, 0) is 0 Å². The number of H-pyrrole nitrogens is 1. The second kappa shape index (κ2) is 5.26. The quantitative estimate of drug-likeness (QED) is 0.650. The van der Waals surface area contributed by atoms with E-state index in [1.54, 1.807) is 18.3 Å². The van der Waals surface area contributed by atoms with E-state index in [0.717, 1.165) is 27.7 Å². The Morgan fingerprint density at radius 1 is 1.14 bits per heavy atom. The van der Waals surface area contributed by atoms with E-state index in [-0.39, 0.29) is 5.88 Å². The van der Waals surface area contributed by atoms with Gasteiger partial charge in [0, 0.05) is 16.6 Å². The molecule has 0 unspecified atom stereocenters. The first-order valence-electron chi connectivity index (χ1n) is 6.66. The Balaban J connectivity index is 2.07. The average molecular weight is 299 g/mol. The number of aliphatic imine (C=N–C) groups is 1. The van der Waals surface area contributed by atoms with Crippen molar-refractivity contribution in [1.29, 1.82) is 0 Å². The van der Waals surface area contributed by atoms with Crippen molar-refractivity contribution < 1.29 is 5.11 Å².